The highest BCUT2D eigenvalue weighted by molar-refractivity contribution is 5.97. The zero-order chi connectivity index (χ0) is 26.2. The molecule has 0 unspecified atom stereocenters. The number of para-hydroxylation sites is 2. The highest BCUT2D eigenvalue weighted by Crippen LogP contribution is 2.36. The maximum Gasteiger partial charge on any atom is 0.348 e. The number of hydrogen-bond acceptors (Lipinski definition) is 7. The maximum atomic E-state index is 13.3. The number of carbonyl (C=O) groups is 3. The van der Waals surface area contributed by atoms with E-state index in [9.17, 15) is 19.5 Å². The van der Waals surface area contributed by atoms with Crippen molar-refractivity contribution in [1.29, 1.82) is 0 Å². The van der Waals surface area contributed by atoms with Crippen LogP contribution in [-0.2, 0) is 19.1 Å². The molecule has 1 aromatic carbocycles. The number of unbranched alkanes of at least 4 members (excludes halogenated alkanes) is 1. The van der Waals surface area contributed by atoms with Gasteiger partial charge in [-0.15, -0.1) is 0 Å². The van der Waals surface area contributed by atoms with E-state index in [0.717, 1.165) is 12.8 Å². The maximum absolute atomic E-state index is 13.3. The largest absolute Gasteiger partial charge is 0.475 e. The summed E-state index contributed by atoms with van der Waals surface area (Å²) in [6.07, 6.45) is 0.923. The summed E-state index contributed by atoms with van der Waals surface area (Å²) >= 11 is 0. The number of carbonyl (C=O) groups excluding carboxylic acids is 3. The Morgan fingerprint density at radius 2 is 2.00 bits per heavy atom. The third-order valence-electron chi connectivity index (χ3n) is 6.32. The van der Waals surface area contributed by atoms with Gasteiger partial charge in [0.25, 0.3) is 0 Å². The molecule has 2 amide bonds. The first kappa shape index (κ1) is 28.6. The van der Waals surface area contributed by atoms with E-state index in [0.29, 0.717) is 24.4 Å². The number of fused-ring (bicyclic) bond motifs is 1. The van der Waals surface area contributed by atoms with E-state index in [1.807, 2.05) is 13.8 Å². The minimum absolute atomic E-state index is 0.0535. The van der Waals surface area contributed by atoms with Crippen LogP contribution in [0.2, 0.25) is 0 Å². The summed E-state index contributed by atoms with van der Waals surface area (Å²) in [5.74, 6) is -0.735. The van der Waals surface area contributed by atoms with Crippen LogP contribution in [0, 0.1) is 11.3 Å². The third-order valence-corrected chi connectivity index (χ3v) is 6.32. The highest BCUT2D eigenvalue weighted by Gasteiger charge is 2.37. The summed E-state index contributed by atoms with van der Waals surface area (Å²) in [4.78, 5) is 39.2. The summed E-state index contributed by atoms with van der Waals surface area (Å²) in [5, 5.41) is 13.5. The Bertz CT molecular complexity index is 874. The van der Waals surface area contributed by atoms with Crippen LogP contribution in [0.5, 0.6) is 5.75 Å². The number of benzene rings is 1. The molecule has 1 heterocycles. The smallest absolute Gasteiger partial charge is 0.348 e. The van der Waals surface area contributed by atoms with Crippen molar-refractivity contribution in [1.82, 2.24) is 5.32 Å². The molecule has 0 aromatic heterocycles. The lowest BCUT2D eigenvalue weighted by Crippen LogP contribution is -2.49. The molecule has 2 rings (SSSR count). The molecule has 0 saturated carbocycles. The first-order chi connectivity index (χ1) is 16.5. The molecule has 1 aromatic rings. The highest BCUT2D eigenvalue weighted by atomic mass is 16.6. The van der Waals surface area contributed by atoms with Gasteiger partial charge >= 0.3 is 5.97 Å². The molecular formula is C26H41N3O6. The minimum Gasteiger partial charge on any atom is -0.475 e. The number of amides is 2. The van der Waals surface area contributed by atoms with E-state index in [1.54, 1.807) is 36.1 Å². The Kier molecular flexibility index (Phi) is 10.5. The first-order valence-electron chi connectivity index (χ1n) is 12.3. The number of esters is 1. The van der Waals surface area contributed by atoms with Crippen LogP contribution >= 0.6 is 0 Å². The van der Waals surface area contributed by atoms with E-state index in [1.165, 1.54) is 7.11 Å². The normalized spacial score (nSPS) is 18.0. The Labute approximate surface area is 208 Å². The topological polar surface area (TPSA) is 131 Å². The van der Waals surface area contributed by atoms with Gasteiger partial charge in [-0.3, -0.25) is 9.59 Å². The van der Waals surface area contributed by atoms with Crippen molar-refractivity contribution in [2.24, 2.45) is 17.1 Å². The molecule has 0 spiro atoms. The predicted molar refractivity (Wildman–Crippen MR) is 134 cm³/mol. The van der Waals surface area contributed by atoms with Crippen LogP contribution in [0.1, 0.15) is 59.8 Å². The van der Waals surface area contributed by atoms with Gasteiger partial charge in [-0.2, -0.15) is 0 Å². The summed E-state index contributed by atoms with van der Waals surface area (Å²) < 4.78 is 10.5. The summed E-state index contributed by atoms with van der Waals surface area (Å²) in [6, 6.07) is 6.47. The fraction of sp³-hybridized carbons (Fsp3) is 0.654. The average Bonchev–Trinajstić information content (AvgIpc) is 2.81. The first-order valence-corrected chi connectivity index (χ1v) is 12.3. The average molecular weight is 492 g/mol. The number of methoxy groups -OCH3 is 1. The molecule has 4 N–H and O–H groups in total. The molecule has 0 fully saturated rings. The van der Waals surface area contributed by atoms with Gasteiger partial charge in [-0.1, -0.05) is 46.2 Å². The Morgan fingerprint density at radius 3 is 2.66 bits per heavy atom. The second kappa shape index (κ2) is 12.9. The lowest BCUT2D eigenvalue weighted by Gasteiger charge is -2.36. The summed E-state index contributed by atoms with van der Waals surface area (Å²) in [6.45, 7) is 8.35. The van der Waals surface area contributed by atoms with Crippen molar-refractivity contribution in [3.05, 3.63) is 24.3 Å². The van der Waals surface area contributed by atoms with E-state index in [4.69, 9.17) is 15.2 Å². The molecular weight excluding hydrogens is 450 g/mol. The van der Waals surface area contributed by atoms with Gasteiger partial charge in [0, 0.05) is 24.9 Å². The lowest BCUT2D eigenvalue weighted by molar-refractivity contribution is -0.148. The number of nitrogens with zero attached hydrogens (tertiary/aromatic N) is 1. The molecule has 0 aliphatic carbocycles. The number of nitrogens with one attached hydrogen (secondary N) is 1. The van der Waals surface area contributed by atoms with Gasteiger partial charge in [-0.25, -0.2) is 4.79 Å². The Balaban J connectivity index is 1.99. The van der Waals surface area contributed by atoms with Crippen molar-refractivity contribution in [2.75, 3.05) is 25.1 Å². The predicted octanol–water partition coefficient (Wildman–Crippen LogP) is 2.39. The van der Waals surface area contributed by atoms with Crippen molar-refractivity contribution in [2.45, 2.75) is 78.0 Å². The number of rotatable bonds is 12. The number of nitrogens with two attached hydrogens (primary N) is 1. The Hall–Kier alpha value is -2.65. The molecule has 196 valence electrons. The van der Waals surface area contributed by atoms with Crippen LogP contribution in [0.4, 0.5) is 5.69 Å². The SMILES string of the molecule is CCCCNC(=O)[C@H](C)C[C@H](O)[C@@H](N)CC(C)(C)CC(=O)N1C[C@H](C(=O)OC)Oc2ccccc21. The molecule has 9 nitrogen and oxygen atoms in total. The van der Waals surface area contributed by atoms with Gasteiger partial charge in [0.15, 0.2) is 0 Å². The van der Waals surface area contributed by atoms with E-state index in [2.05, 4.69) is 12.2 Å². The van der Waals surface area contributed by atoms with Gasteiger partial charge in [0.2, 0.25) is 17.9 Å². The molecule has 0 bridgehead atoms. The lowest BCUT2D eigenvalue weighted by atomic mass is 9.80. The molecule has 9 heteroatoms. The summed E-state index contributed by atoms with van der Waals surface area (Å²) in [7, 11) is 1.28. The molecule has 0 radical (unpaired) electrons. The van der Waals surface area contributed by atoms with E-state index < -0.39 is 29.6 Å². The number of hydrogen-bond donors (Lipinski definition) is 3. The van der Waals surface area contributed by atoms with Crippen LogP contribution in [0.15, 0.2) is 24.3 Å². The molecule has 1 aliphatic heterocycles. The second-order valence-corrected chi connectivity index (χ2v) is 10.2. The van der Waals surface area contributed by atoms with Gasteiger partial charge in [0.1, 0.15) is 5.75 Å². The number of aliphatic hydroxyl groups is 1. The second-order valence-electron chi connectivity index (χ2n) is 10.2. The minimum atomic E-state index is -0.906. The van der Waals surface area contributed by atoms with Crippen LogP contribution in [0.3, 0.4) is 0 Å². The van der Waals surface area contributed by atoms with Crippen LogP contribution in [-0.4, -0.2) is 61.3 Å². The number of ether oxygens (including phenoxy) is 2. The quantitative estimate of drug-likeness (QED) is 0.302. The fourth-order valence-electron chi connectivity index (χ4n) is 4.28. The van der Waals surface area contributed by atoms with Crippen molar-refractivity contribution in [3.8, 4) is 5.75 Å². The molecule has 4 atom stereocenters. The fourth-order valence-corrected chi connectivity index (χ4v) is 4.28. The van der Waals surface area contributed by atoms with Gasteiger partial charge in [0.05, 0.1) is 25.4 Å². The zero-order valence-electron chi connectivity index (χ0n) is 21.6. The molecule has 35 heavy (non-hydrogen) atoms. The van der Waals surface area contributed by atoms with Crippen molar-refractivity contribution in [3.63, 3.8) is 0 Å². The van der Waals surface area contributed by atoms with E-state index >= 15 is 0 Å². The Morgan fingerprint density at radius 1 is 1.31 bits per heavy atom. The number of anilines is 1. The molecule has 0 saturated heterocycles. The van der Waals surface area contributed by atoms with Crippen LogP contribution in [0.25, 0.3) is 0 Å². The van der Waals surface area contributed by atoms with Gasteiger partial charge < -0.3 is 30.5 Å². The standard InChI is InChI=1S/C26H41N3O6/c1-6-7-12-28-24(32)17(2)13-20(30)18(27)14-26(3,4)15-23(31)29-16-22(25(33)34-5)35-21-11-9-8-10-19(21)29/h8-11,17-18,20,22,30H,6-7,12-16,27H2,1-5H3,(H,28,32)/t17-,18+,20+,22-/m1/s1. The van der Waals surface area contributed by atoms with E-state index in [-0.39, 0.29) is 37.1 Å². The van der Waals surface area contributed by atoms with Crippen molar-refractivity contribution < 1.29 is 29.0 Å². The van der Waals surface area contributed by atoms with Crippen molar-refractivity contribution >= 4 is 23.5 Å². The monoisotopic (exact) mass is 491 g/mol. The summed E-state index contributed by atoms with van der Waals surface area (Å²) in [5.41, 5.74) is 6.36. The third kappa shape index (κ3) is 8.21. The van der Waals surface area contributed by atoms with Crippen LogP contribution < -0.4 is 20.7 Å². The molecule has 1 aliphatic rings. The number of aliphatic hydroxyl groups excluding tert-OH is 1. The van der Waals surface area contributed by atoms with Gasteiger partial charge in [-0.05, 0) is 36.8 Å². The zero-order valence-corrected chi connectivity index (χ0v) is 21.6.